The molecule has 5 nitrogen and oxygen atoms in total. The van der Waals surface area contributed by atoms with Crippen molar-refractivity contribution < 1.29 is 22.7 Å². The van der Waals surface area contributed by atoms with Gasteiger partial charge in [0, 0.05) is 5.56 Å². The quantitative estimate of drug-likeness (QED) is 0.898. The van der Waals surface area contributed by atoms with Crippen molar-refractivity contribution in [2.75, 3.05) is 26.7 Å². The Hall–Kier alpha value is -2.09. The molecule has 1 aromatic carbocycles. The second-order valence-electron chi connectivity index (χ2n) is 6.12. The van der Waals surface area contributed by atoms with Crippen LogP contribution < -0.4 is 5.43 Å². The van der Waals surface area contributed by atoms with Crippen LogP contribution >= 0.6 is 0 Å². The SMILES string of the molecule is CN1CCC(c2ccc(C3=NNC(=O)CO3)cc2C(F)(F)F)CC1. The Morgan fingerprint density at radius 1 is 1.29 bits per heavy atom. The molecule has 0 spiro atoms. The summed E-state index contributed by atoms with van der Waals surface area (Å²) in [4.78, 5) is 13.1. The first-order chi connectivity index (χ1) is 11.3. The fraction of sp³-hybridized carbons (Fsp3) is 0.500. The van der Waals surface area contributed by atoms with Gasteiger partial charge in [-0.25, -0.2) is 5.43 Å². The first-order valence-electron chi connectivity index (χ1n) is 7.74. The first-order valence-corrected chi connectivity index (χ1v) is 7.74. The van der Waals surface area contributed by atoms with Crippen molar-refractivity contribution in [2.24, 2.45) is 5.10 Å². The van der Waals surface area contributed by atoms with Crippen LogP contribution in [0, 0.1) is 0 Å². The highest BCUT2D eigenvalue weighted by atomic mass is 19.4. The monoisotopic (exact) mass is 341 g/mol. The highest BCUT2D eigenvalue weighted by molar-refractivity contribution is 5.98. The van der Waals surface area contributed by atoms with E-state index in [1.807, 2.05) is 7.05 Å². The fourth-order valence-corrected chi connectivity index (χ4v) is 3.07. The van der Waals surface area contributed by atoms with Crippen LogP contribution in [0.1, 0.15) is 35.4 Å². The average Bonchev–Trinajstić information content (AvgIpc) is 2.55. The molecule has 8 heteroatoms. The number of hydrogen-bond donors (Lipinski definition) is 1. The molecule has 0 unspecified atom stereocenters. The molecule has 2 aliphatic rings. The van der Waals surface area contributed by atoms with Crippen molar-refractivity contribution in [1.29, 1.82) is 0 Å². The van der Waals surface area contributed by atoms with Gasteiger partial charge in [-0.15, -0.1) is 5.10 Å². The van der Waals surface area contributed by atoms with Crippen molar-refractivity contribution in [3.05, 3.63) is 34.9 Å². The Bertz CT molecular complexity index is 665. The lowest BCUT2D eigenvalue weighted by molar-refractivity contribution is -0.138. The Balaban J connectivity index is 1.94. The van der Waals surface area contributed by atoms with E-state index in [0.717, 1.165) is 19.2 Å². The van der Waals surface area contributed by atoms with Gasteiger partial charge in [-0.3, -0.25) is 4.79 Å². The predicted octanol–water partition coefficient (Wildman–Crippen LogP) is 2.32. The molecule has 1 aromatic rings. The lowest BCUT2D eigenvalue weighted by Crippen LogP contribution is -2.32. The van der Waals surface area contributed by atoms with E-state index in [1.165, 1.54) is 6.07 Å². The Labute approximate surface area is 137 Å². The zero-order valence-corrected chi connectivity index (χ0v) is 13.2. The van der Waals surface area contributed by atoms with Crippen molar-refractivity contribution in [3.63, 3.8) is 0 Å². The molecule has 24 heavy (non-hydrogen) atoms. The maximum atomic E-state index is 13.5. The number of nitrogens with zero attached hydrogens (tertiary/aromatic N) is 2. The Morgan fingerprint density at radius 3 is 2.58 bits per heavy atom. The number of ether oxygens (including phenoxy) is 1. The average molecular weight is 341 g/mol. The van der Waals surface area contributed by atoms with Crippen molar-refractivity contribution >= 4 is 11.8 Å². The fourth-order valence-electron chi connectivity index (χ4n) is 3.07. The van der Waals surface area contributed by atoms with E-state index in [-0.39, 0.29) is 24.0 Å². The summed E-state index contributed by atoms with van der Waals surface area (Å²) in [7, 11) is 1.97. The van der Waals surface area contributed by atoms with Gasteiger partial charge in [-0.2, -0.15) is 13.2 Å². The number of rotatable bonds is 2. The first kappa shape index (κ1) is 16.8. The van der Waals surface area contributed by atoms with E-state index in [0.29, 0.717) is 18.4 Å². The molecule has 0 aliphatic carbocycles. The van der Waals surface area contributed by atoms with Crippen LogP contribution in [0.5, 0.6) is 0 Å². The minimum Gasteiger partial charge on any atom is -0.466 e. The van der Waals surface area contributed by atoms with Crippen LogP contribution in [0.25, 0.3) is 0 Å². The number of halogens is 3. The normalized spacial score (nSPS) is 20.3. The smallest absolute Gasteiger partial charge is 0.416 e. The van der Waals surface area contributed by atoms with Gasteiger partial charge in [-0.05, 0) is 56.6 Å². The number of piperidine rings is 1. The molecular formula is C16H18F3N3O2. The zero-order chi connectivity index (χ0) is 17.3. The van der Waals surface area contributed by atoms with Crippen LogP contribution in [0.4, 0.5) is 13.2 Å². The molecule has 1 N–H and O–H groups in total. The molecule has 0 atom stereocenters. The minimum atomic E-state index is -4.45. The molecule has 1 saturated heterocycles. The Morgan fingerprint density at radius 2 is 2.00 bits per heavy atom. The Kier molecular flexibility index (Phi) is 4.49. The number of hydrazone groups is 1. The lowest BCUT2D eigenvalue weighted by atomic mass is 9.85. The van der Waals surface area contributed by atoms with Gasteiger partial charge in [0.15, 0.2) is 6.61 Å². The molecule has 2 heterocycles. The third kappa shape index (κ3) is 3.53. The van der Waals surface area contributed by atoms with Gasteiger partial charge >= 0.3 is 6.18 Å². The molecule has 2 aliphatic heterocycles. The summed E-state index contributed by atoms with van der Waals surface area (Å²) in [5.74, 6) is -0.548. The van der Waals surface area contributed by atoms with Crippen molar-refractivity contribution in [3.8, 4) is 0 Å². The van der Waals surface area contributed by atoms with E-state index in [2.05, 4.69) is 15.4 Å². The summed E-state index contributed by atoms with van der Waals surface area (Å²) in [6.07, 6.45) is -3.05. The van der Waals surface area contributed by atoms with Crippen LogP contribution in [-0.2, 0) is 15.7 Å². The summed E-state index contributed by atoms with van der Waals surface area (Å²) in [5.41, 5.74) is 2.08. The van der Waals surface area contributed by atoms with Gasteiger partial charge in [-0.1, -0.05) is 6.07 Å². The summed E-state index contributed by atoms with van der Waals surface area (Å²) < 4.78 is 45.7. The molecule has 1 amide bonds. The zero-order valence-electron chi connectivity index (χ0n) is 13.2. The number of nitrogens with one attached hydrogen (secondary N) is 1. The third-order valence-electron chi connectivity index (χ3n) is 4.39. The summed E-state index contributed by atoms with van der Waals surface area (Å²) in [6, 6.07) is 4.14. The van der Waals surface area contributed by atoms with Crippen LogP contribution in [0.15, 0.2) is 23.3 Å². The maximum absolute atomic E-state index is 13.5. The number of carbonyl (C=O) groups excluding carboxylic acids is 1. The topological polar surface area (TPSA) is 53.9 Å². The number of benzene rings is 1. The molecule has 0 aromatic heterocycles. The van der Waals surface area contributed by atoms with Crippen LogP contribution in [-0.4, -0.2) is 43.4 Å². The van der Waals surface area contributed by atoms with E-state index in [9.17, 15) is 18.0 Å². The summed E-state index contributed by atoms with van der Waals surface area (Å²) >= 11 is 0. The number of amides is 1. The highest BCUT2D eigenvalue weighted by Crippen LogP contribution is 2.39. The van der Waals surface area contributed by atoms with Gasteiger partial charge in [0.05, 0.1) is 5.56 Å². The predicted molar refractivity (Wildman–Crippen MR) is 81.5 cm³/mol. The van der Waals surface area contributed by atoms with Gasteiger partial charge in [0.1, 0.15) is 0 Å². The molecule has 1 fully saturated rings. The molecule has 130 valence electrons. The maximum Gasteiger partial charge on any atom is 0.416 e. The summed E-state index contributed by atoms with van der Waals surface area (Å²) in [5, 5.41) is 3.68. The second kappa shape index (κ2) is 6.43. The molecule has 0 bridgehead atoms. The third-order valence-corrected chi connectivity index (χ3v) is 4.39. The number of carbonyl (C=O) groups is 1. The van der Waals surface area contributed by atoms with Crippen molar-refractivity contribution in [1.82, 2.24) is 10.3 Å². The van der Waals surface area contributed by atoms with Crippen LogP contribution in [0.2, 0.25) is 0 Å². The number of likely N-dealkylation sites (tertiary alicyclic amines) is 1. The van der Waals surface area contributed by atoms with Crippen LogP contribution in [0.3, 0.4) is 0 Å². The molecule has 3 rings (SSSR count). The van der Waals surface area contributed by atoms with Gasteiger partial charge in [0.25, 0.3) is 5.91 Å². The molecule has 0 saturated carbocycles. The minimum absolute atomic E-state index is 0.00460. The van der Waals surface area contributed by atoms with E-state index in [1.54, 1.807) is 6.07 Å². The summed E-state index contributed by atoms with van der Waals surface area (Å²) in [6.45, 7) is 1.31. The van der Waals surface area contributed by atoms with E-state index in [4.69, 9.17) is 4.74 Å². The molecular weight excluding hydrogens is 323 g/mol. The van der Waals surface area contributed by atoms with E-state index < -0.39 is 17.6 Å². The molecule has 0 radical (unpaired) electrons. The van der Waals surface area contributed by atoms with Gasteiger partial charge < -0.3 is 9.64 Å². The largest absolute Gasteiger partial charge is 0.466 e. The lowest BCUT2D eigenvalue weighted by Gasteiger charge is -2.31. The standard InChI is InChI=1S/C16H18F3N3O2/c1-22-6-4-10(5-7-22)12-3-2-11(8-13(12)16(17,18)19)15-21-20-14(23)9-24-15/h2-3,8,10H,4-7,9H2,1H3,(H,20,23). The second-order valence-corrected chi connectivity index (χ2v) is 6.12. The van der Waals surface area contributed by atoms with E-state index >= 15 is 0 Å². The number of alkyl halides is 3. The van der Waals surface area contributed by atoms with Crippen molar-refractivity contribution in [2.45, 2.75) is 24.9 Å². The van der Waals surface area contributed by atoms with Gasteiger partial charge in [0.2, 0.25) is 5.90 Å². The highest BCUT2D eigenvalue weighted by Gasteiger charge is 2.36. The number of hydrogen-bond acceptors (Lipinski definition) is 4.